The van der Waals surface area contributed by atoms with Gasteiger partial charge in [-0.15, -0.1) is 0 Å². The van der Waals surface area contributed by atoms with Crippen molar-refractivity contribution in [2.75, 3.05) is 57.9 Å². The Hall–Kier alpha value is -2.66. The van der Waals surface area contributed by atoms with E-state index in [4.69, 9.17) is 9.47 Å². The number of nitrogens with one attached hydrogen (secondary N) is 1. The number of nitrogens with zero attached hydrogens (tertiary/aromatic N) is 6. The van der Waals surface area contributed by atoms with Crippen LogP contribution in [0.2, 0.25) is 0 Å². The number of piperazine rings is 1. The molecule has 0 spiro atoms. The van der Waals surface area contributed by atoms with Crippen LogP contribution >= 0.6 is 11.3 Å². The summed E-state index contributed by atoms with van der Waals surface area (Å²) in [5, 5.41) is 4.07. The van der Waals surface area contributed by atoms with E-state index in [-0.39, 0.29) is 0 Å². The van der Waals surface area contributed by atoms with Gasteiger partial charge in [0.1, 0.15) is 5.82 Å². The molecule has 2 aliphatic rings. The monoisotopic (exact) mass is 467 g/mol. The first-order valence-corrected chi connectivity index (χ1v) is 12.2. The molecule has 0 aliphatic carbocycles. The summed E-state index contributed by atoms with van der Waals surface area (Å²) in [6.45, 7) is 10.9. The van der Waals surface area contributed by atoms with Crippen LogP contribution in [0.3, 0.4) is 0 Å². The van der Waals surface area contributed by atoms with Gasteiger partial charge in [-0.3, -0.25) is 4.90 Å². The first kappa shape index (κ1) is 22.1. The zero-order valence-electron chi connectivity index (χ0n) is 18.8. The summed E-state index contributed by atoms with van der Waals surface area (Å²) in [6.07, 6.45) is 5.47. The Bertz CT molecular complexity index is 1030. The number of aromatic nitrogens is 4. The Morgan fingerprint density at radius 1 is 1.06 bits per heavy atom. The molecule has 0 aromatic carbocycles. The van der Waals surface area contributed by atoms with E-state index in [1.807, 2.05) is 24.5 Å². The summed E-state index contributed by atoms with van der Waals surface area (Å²) < 4.78 is 10.9. The molecule has 0 atom stereocenters. The smallest absolute Gasteiger partial charge is 0.316 e. The molecule has 0 saturated carbocycles. The molecule has 2 fully saturated rings. The van der Waals surface area contributed by atoms with Crippen LogP contribution in [0.5, 0.6) is 6.01 Å². The van der Waals surface area contributed by atoms with E-state index in [0.717, 1.165) is 74.0 Å². The number of anilines is 2. The third-order valence-corrected chi connectivity index (χ3v) is 6.86. The van der Waals surface area contributed by atoms with Gasteiger partial charge in [0.2, 0.25) is 0 Å². The van der Waals surface area contributed by atoms with Gasteiger partial charge in [0, 0.05) is 57.2 Å². The molecule has 0 unspecified atom stereocenters. The van der Waals surface area contributed by atoms with Crippen molar-refractivity contribution >= 4 is 22.3 Å². The summed E-state index contributed by atoms with van der Waals surface area (Å²) in [7, 11) is 0. The number of hydrogen-bond acceptors (Lipinski definition) is 10. The van der Waals surface area contributed by atoms with Crippen LogP contribution in [0.1, 0.15) is 12.5 Å². The second-order valence-electron chi connectivity index (χ2n) is 8.36. The van der Waals surface area contributed by atoms with Crippen LogP contribution in [-0.4, -0.2) is 82.3 Å². The minimum atomic E-state index is 0.385. The largest absolute Gasteiger partial charge is 0.463 e. The SMILES string of the molecule is CCN1CCN(Cc2ccc(Nc3ncc(-c4ccnc(OCC5COC5)n4)s3)nc2)CC1. The number of thiazole rings is 1. The lowest BCUT2D eigenvalue weighted by atomic mass is 10.1. The van der Waals surface area contributed by atoms with Gasteiger partial charge in [0.15, 0.2) is 5.13 Å². The van der Waals surface area contributed by atoms with Gasteiger partial charge in [-0.25, -0.2) is 15.0 Å². The van der Waals surface area contributed by atoms with Crippen LogP contribution in [0.15, 0.2) is 36.8 Å². The molecule has 0 amide bonds. The molecule has 5 rings (SSSR count). The second-order valence-corrected chi connectivity index (χ2v) is 9.39. The maximum absolute atomic E-state index is 5.70. The van der Waals surface area contributed by atoms with Crippen molar-refractivity contribution in [3.8, 4) is 16.6 Å². The fraction of sp³-hybridized carbons (Fsp3) is 0.478. The zero-order chi connectivity index (χ0) is 22.5. The van der Waals surface area contributed by atoms with Crippen molar-refractivity contribution in [1.29, 1.82) is 0 Å². The van der Waals surface area contributed by atoms with Gasteiger partial charge in [0.25, 0.3) is 0 Å². The van der Waals surface area contributed by atoms with E-state index in [1.165, 1.54) is 16.9 Å². The summed E-state index contributed by atoms with van der Waals surface area (Å²) in [5.41, 5.74) is 2.02. The second kappa shape index (κ2) is 10.5. The average molecular weight is 468 g/mol. The highest BCUT2D eigenvalue weighted by atomic mass is 32.1. The summed E-state index contributed by atoms with van der Waals surface area (Å²) in [4.78, 5) is 23.7. The normalized spacial score (nSPS) is 17.6. The van der Waals surface area contributed by atoms with E-state index in [9.17, 15) is 0 Å². The van der Waals surface area contributed by atoms with Gasteiger partial charge in [-0.05, 0) is 24.2 Å². The van der Waals surface area contributed by atoms with Crippen molar-refractivity contribution < 1.29 is 9.47 Å². The van der Waals surface area contributed by atoms with Gasteiger partial charge in [-0.1, -0.05) is 24.3 Å². The molecule has 10 heteroatoms. The Balaban J connectivity index is 1.15. The minimum Gasteiger partial charge on any atom is -0.463 e. The van der Waals surface area contributed by atoms with E-state index in [1.54, 1.807) is 6.20 Å². The predicted octanol–water partition coefficient (Wildman–Crippen LogP) is 2.90. The van der Waals surface area contributed by atoms with E-state index in [0.29, 0.717) is 18.5 Å². The molecule has 174 valence electrons. The predicted molar refractivity (Wildman–Crippen MR) is 128 cm³/mol. The molecule has 2 saturated heterocycles. The van der Waals surface area contributed by atoms with Crippen molar-refractivity contribution in [1.82, 2.24) is 29.7 Å². The van der Waals surface area contributed by atoms with Crippen LogP contribution in [0.25, 0.3) is 10.6 Å². The number of rotatable bonds is 9. The number of pyridine rings is 1. The van der Waals surface area contributed by atoms with Crippen LogP contribution in [0, 0.1) is 5.92 Å². The number of ether oxygens (including phenoxy) is 2. The van der Waals surface area contributed by atoms with Crippen molar-refractivity contribution in [2.45, 2.75) is 13.5 Å². The van der Waals surface area contributed by atoms with Gasteiger partial charge < -0.3 is 19.7 Å². The van der Waals surface area contributed by atoms with Crippen LogP contribution in [-0.2, 0) is 11.3 Å². The minimum absolute atomic E-state index is 0.385. The zero-order valence-corrected chi connectivity index (χ0v) is 19.6. The molecule has 0 radical (unpaired) electrons. The molecular formula is C23H29N7O2S. The van der Waals surface area contributed by atoms with E-state index in [2.05, 4.69) is 48.0 Å². The lowest BCUT2D eigenvalue weighted by Crippen LogP contribution is -2.45. The van der Waals surface area contributed by atoms with Crippen molar-refractivity contribution in [3.63, 3.8) is 0 Å². The lowest BCUT2D eigenvalue weighted by Gasteiger charge is -2.33. The summed E-state index contributed by atoms with van der Waals surface area (Å²) in [5.74, 6) is 1.21. The highest BCUT2D eigenvalue weighted by molar-refractivity contribution is 7.18. The van der Waals surface area contributed by atoms with E-state index < -0.39 is 0 Å². The summed E-state index contributed by atoms with van der Waals surface area (Å²) >= 11 is 1.52. The molecular weight excluding hydrogens is 438 g/mol. The molecule has 33 heavy (non-hydrogen) atoms. The standard InChI is InChI=1S/C23H29N7O2S/c1-2-29-7-9-30(10-8-29)13-17-3-4-21(25-11-17)28-23-26-12-20(33-23)19-5-6-24-22(27-19)32-16-18-14-31-15-18/h3-6,11-12,18H,2,7-10,13-16H2,1H3,(H,25,26,28). The van der Waals surface area contributed by atoms with Crippen LogP contribution < -0.4 is 10.1 Å². The van der Waals surface area contributed by atoms with Gasteiger partial charge in [-0.2, -0.15) is 4.98 Å². The molecule has 3 aromatic heterocycles. The fourth-order valence-corrected chi connectivity index (χ4v) is 4.59. The quantitative estimate of drug-likeness (QED) is 0.510. The fourth-order valence-electron chi connectivity index (χ4n) is 3.79. The van der Waals surface area contributed by atoms with Crippen molar-refractivity contribution in [2.24, 2.45) is 5.92 Å². The lowest BCUT2D eigenvalue weighted by molar-refractivity contribution is -0.0520. The molecule has 2 aliphatic heterocycles. The highest BCUT2D eigenvalue weighted by Crippen LogP contribution is 2.29. The molecule has 9 nitrogen and oxygen atoms in total. The first-order valence-electron chi connectivity index (χ1n) is 11.4. The first-order chi connectivity index (χ1) is 16.2. The van der Waals surface area contributed by atoms with E-state index >= 15 is 0 Å². The Kier molecular flexibility index (Phi) is 7.06. The maximum atomic E-state index is 5.70. The average Bonchev–Trinajstić information content (AvgIpc) is 3.29. The Morgan fingerprint density at radius 2 is 1.91 bits per heavy atom. The Morgan fingerprint density at radius 3 is 2.64 bits per heavy atom. The maximum Gasteiger partial charge on any atom is 0.316 e. The van der Waals surface area contributed by atoms with Crippen LogP contribution in [0.4, 0.5) is 10.9 Å². The molecule has 0 bridgehead atoms. The molecule has 1 N–H and O–H groups in total. The number of likely N-dealkylation sites (N-methyl/N-ethyl adjacent to an activating group) is 1. The highest BCUT2D eigenvalue weighted by Gasteiger charge is 2.20. The van der Waals surface area contributed by atoms with Gasteiger partial charge in [0.05, 0.1) is 30.4 Å². The molecule has 5 heterocycles. The summed E-state index contributed by atoms with van der Waals surface area (Å²) in [6, 6.07) is 6.40. The Labute approximate surface area is 197 Å². The third-order valence-electron chi connectivity index (χ3n) is 5.92. The topological polar surface area (TPSA) is 88.5 Å². The van der Waals surface area contributed by atoms with Crippen molar-refractivity contribution in [3.05, 3.63) is 42.4 Å². The number of hydrogen-bond donors (Lipinski definition) is 1. The molecule has 3 aromatic rings. The van der Waals surface area contributed by atoms with Gasteiger partial charge >= 0.3 is 6.01 Å². The third kappa shape index (κ3) is 5.83.